The molecule has 1 amide bonds. The van der Waals surface area contributed by atoms with Crippen LogP contribution >= 0.6 is 11.6 Å². The molecule has 0 aromatic heterocycles. The number of aliphatic hydroxyl groups excluding tert-OH is 1. The molecule has 1 heterocycles. The van der Waals surface area contributed by atoms with Gasteiger partial charge in [0.05, 0.1) is 24.2 Å². The molecule has 22 heavy (non-hydrogen) atoms. The molecule has 1 aliphatic rings. The van der Waals surface area contributed by atoms with Crippen molar-refractivity contribution >= 4 is 17.5 Å². The van der Waals surface area contributed by atoms with E-state index in [4.69, 9.17) is 11.6 Å². The Morgan fingerprint density at radius 3 is 2.77 bits per heavy atom. The van der Waals surface area contributed by atoms with E-state index in [9.17, 15) is 14.3 Å². The Bertz CT molecular complexity index is 519. The summed E-state index contributed by atoms with van der Waals surface area (Å²) in [5.74, 6) is 0.148. The number of rotatable bonds is 5. The lowest BCUT2D eigenvalue weighted by molar-refractivity contribution is -0.131. The molecule has 6 heteroatoms. The molecule has 122 valence electrons. The summed E-state index contributed by atoms with van der Waals surface area (Å²) in [4.78, 5) is 14.0. The summed E-state index contributed by atoms with van der Waals surface area (Å²) in [6.07, 6.45) is 2.05. The molecular formula is C16H22ClFN2O2. The van der Waals surface area contributed by atoms with Crippen LogP contribution in [0.4, 0.5) is 4.39 Å². The number of likely N-dealkylation sites (tertiary alicyclic amines) is 1. The van der Waals surface area contributed by atoms with Crippen LogP contribution in [0.2, 0.25) is 5.02 Å². The van der Waals surface area contributed by atoms with Gasteiger partial charge in [0, 0.05) is 13.1 Å². The molecule has 4 nitrogen and oxygen atoms in total. The van der Waals surface area contributed by atoms with Crippen LogP contribution in [0, 0.1) is 11.7 Å². The van der Waals surface area contributed by atoms with Gasteiger partial charge in [0.2, 0.25) is 5.91 Å². The number of amides is 1. The predicted octanol–water partition coefficient (Wildman–Crippen LogP) is 2.36. The van der Waals surface area contributed by atoms with Gasteiger partial charge in [-0.15, -0.1) is 0 Å². The zero-order valence-corrected chi connectivity index (χ0v) is 13.4. The normalized spacial score (nSPS) is 17.5. The lowest BCUT2D eigenvalue weighted by Crippen LogP contribution is -2.43. The number of nitrogens with zero attached hydrogens (tertiary/aromatic N) is 1. The van der Waals surface area contributed by atoms with Gasteiger partial charge in [0.15, 0.2) is 0 Å². The highest BCUT2D eigenvalue weighted by molar-refractivity contribution is 6.30. The van der Waals surface area contributed by atoms with Crippen molar-refractivity contribution in [1.82, 2.24) is 10.2 Å². The molecule has 1 fully saturated rings. The van der Waals surface area contributed by atoms with E-state index in [0.29, 0.717) is 11.5 Å². The number of benzene rings is 1. The summed E-state index contributed by atoms with van der Waals surface area (Å²) in [6, 6.07) is 3.89. The van der Waals surface area contributed by atoms with Gasteiger partial charge >= 0.3 is 0 Å². The van der Waals surface area contributed by atoms with Crippen LogP contribution in [0.5, 0.6) is 0 Å². The van der Waals surface area contributed by atoms with Crippen LogP contribution in [-0.4, -0.2) is 42.2 Å². The fourth-order valence-corrected chi connectivity index (χ4v) is 2.71. The number of hydrogen-bond acceptors (Lipinski definition) is 3. The van der Waals surface area contributed by atoms with Gasteiger partial charge in [-0.2, -0.15) is 0 Å². The molecule has 0 radical (unpaired) electrons. The number of aliphatic hydroxyl groups is 1. The SMILES string of the molecule is CC1CCN(C(=O)CN[C@@H](CO)c2ccc(Cl)c(F)c2)CC1. The molecule has 0 aliphatic carbocycles. The zero-order valence-electron chi connectivity index (χ0n) is 12.7. The molecule has 0 unspecified atom stereocenters. The second kappa shape index (κ2) is 7.90. The van der Waals surface area contributed by atoms with E-state index in [1.54, 1.807) is 6.07 Å². The minimum Gasteiger partial charge on any atom is -0.394 e. The van der Waals surface area contributed by atoms with Crippen LogP contribution < -0.4 is 5.32 Å². The molecule has 1 saturated heterocycles. The summed E-state index contributed by atoms with van der Waals surface area (Å²) in [7, 11) is 0. The zero-order chi connectivity index (χ0) is 16.1. The lowest BCUT2D eigenvalue weighted by atomic mass is 9.99. The summed E-state index contributed by atoms with van der Waals surface area (Å²) < 4.78 is 13.5. The number of hydrogen-bond donors (Lipinski definition) is 2. The third-order valence-electron chi connectivity index (χ3n) is 4.16. The van der Waals surface area contributed by atoms with Crippen molar-refractivity contribution in [3.63, 3.8) is 0 Å². The van der Waals surface area contributed by atoms with Gasteiger partial charge in [-0.25, -0.2) is 4.39 Å². The maximum absolute atomic E-state index is 13.5. The number of nitrogens with one attached hydrogen (secondary N) is 1. The van der Waals surface area contributed by atoms with Crippen molar-refractivity contribution in [1.29, 1.82) is 0 Å². The Morgan fingerprint density at radius 2 is 2.18 bits per heavy atom. The monoisotopic (exact) mass is 328 g/mol. The molecule has 2 N–H and O–H groups in total. The molecule has 1 aromatic carbocycles. The molecule has 1 atom stereocenters. The van der Waals surface area contributed by atoms with Crippen molar-refractivity contribution < 1.29 is 14.3 Å². The van der Waals surface area contributed by atoms with Gasteiger partial charge in [-0.1, -0.05) is 24.6 Å². The van der Waals surface area contributed by atoms with Crippen LogP contribution in [0.3, 0.4) is 0 Å². The van der Waals surface area contributed by atoms with E-state index in [-0.39, 0.29) is 24.1 Å². The van der Waals surface area contributed by atoms with Gasteiger partial charge in [-0.05, 0) is 36.5 Å². The molecule has 2 rings (SSSR count). The summed E-state index contributed by atoms with van der Waals surface area (Å²) in [5.41, 5.74) is 0.574. The van der Waals surface area contributed by atoms with Crippen molar-refractivity contribution in [3.05, 3.63) is 34.6 Å². The molecule has 1 aromatic rings. The number of halogens is 2. The van der Waals surface area contributed by atoms with E-state index in [1.807, 2.05) is 4.90 Å². The van der Waals surface area contributed by atoms with Gasteiger partial charge in [0.1, 0.15) is 5.82 Å². The average molecular weight is 329 g/mol. The molecule has 1 aliphatic heterocycles. The summed E-state index contributed by atoms with van der Waals surface area (Å²) in [6.45, 7) is 3.66. The van der Waals surface area contributed by atoms with Crippen LogP contribution in [0.1, 0.15) is 31.4 Å². The van der Waals surface area contributed by atoms with Gasteiger partial charge in [0.25, 0.3) is 0 Å². The lowest BCUT2D eigenvalue weighted by Gasteiger charge is -2.31. The van der Waals surface area contributed by atoms with Crippen molar-refractivity contribution in [2.45, 2.75) is 25.8 Å². The Balaban J connectivity index is 1.90. The quantitative estimate of drug-likeness (QED) is 0.872. The van der Waals surface area contributed by atoms with E-state index >= 15 is 0 Å². The van der Waals surface area contributed by atoms with Crippen molar-refractivity contribution in [2.75, 3.05) is 26.2 Å². The molecular weight excluding hydrogens is 307 g/mol. The van der Waals surface area contributed by atoms with E-state index in [0.717, 1.165) is 25.9 Å². The molecule has 0 saturated carbocycles. The van der Waals surface area contributed by atoms with Gasteiger partial charge < -0.3 is 10.0 Å². The Kier molecular flexibility index (Phi) is 6.17. The topological polar surface area (TPSA) is 52.6 Å². The Morgan fingerprint density at radius 1 is 1.50 bits per heavy atom. The fourth-order valence-electron chi connectivity index (χ4n) is 2.60. The third kappa shape index (κ3) is 4.41. The fraction of sp³-hybridized carbons (Fsp3) is 0.562. The van der Waals surface area contributed by atoms with Crippen LogP contribution in [0.15, 0.2) is 18.2 Å². The first-order valence-corrected chi connectivity index (χ1v) is 7.96. The molecule has 0 spiro atoms. The summed E-state index contributed by atoms with van der Waals surface area (Å²) >= 11 is 5.65. The smallest absolute Gasteiger partial charge is 0.236 e. The first-order valence-electron chi connectivity index (χ1n) is 7.58. The highest BCUT2D eigenvalue weighted by Crippen LogP contribution is 2.20. The largest absolute Gasteiger partial charge is 0.394 e. The van der Waals surface area contributed by atoms with E-state index in [2.05, 4.69) is 12.2 Å². The maximum atomic E-state index is 13.5. The first kappa shape index (κ1) is 17.2. The molecule has 0 bridgehead atoms. The van der Waals surface area contributed by atoms with Crippen LogP contribution in [-0.2, 0) is 4.79 Å². The minimum absolute atomic E-state index is 0.0137. The first-order chi connectivity index (χ1) is 10.5. The van der Waals surface area contributed by atoms with E-state index in [1.165, 1.54) is 12.1 Å². The van der Waals surface area contributed by atoms with Gasteiger partial charge in [-0.3, -0.25) is 10.1 Å². The highest BCUT2D eigenvalue weighted by atomic mass is 35.5. The van der Waals surface area contributed by atoms with E-state index < -0.39 is 11.9 Å². The van der Waals surface area contributed by atoms with Crippen LogP contribution in [0.25, 0.3) is 0 Å². The third-order valence-corrected chi connectivity index (χ3v) is 4.47. The second-order valence-electron chi connectivity index (χ2n) is 5.85. The Hall–Kier alpha value is -1.17. The Labute approximate surface area is 135 Å². The minimum atomic E-state index is -0.532. The maximum Gasteiger partial charge on any atom is 0.236 e. The number of piperidine rings is 1. The summed E-state index contributed by atoms with van der Waals surface area (Å²) in [5, 5.41) is 12.5. The standard InChI is InChI=1S/C16H22ClFN2O2/c1-11-4-6-20(7-5-11)16(22)9-19-15(10-21)12-2-3-13(17)14(18)8-12/h2-3,8,11,15,19,21H,4-7,9-10H2,1H3/t15-/m0/s1. The predicted molar refractivity (Wildman–Crippen MR) is 84.2 cm³/mol. The number of carbonyl (C=O) groups is 1. The van der Waals surface area contributed by atoms with Crippen molar-refractivity contribution in [3.8, 4) is 0 Å². The number of carbonyl (C=O) groups excluding carboxylic acids is 1. The van der Waals surface area contributed by atoms with Crippen molar-refractivity contribution in [2.24, 2.45) is 5.92 Å². The average Bonchev–Trinajstić information content (AvgIpc) is 2.51. The second-order valence-corrected chi connectivity index (χ2v) is 6.26. The highest BCUT2D eigenvalue weighted by Gasteiger charge is 2.21.